The Morgan fingerprint density at radius 1 is 1.58 bits per heavy atom. The normalized spacial score (nSPS) is 24.2. The van der Waals surface area contributed by atoms with Crippen LogP contribution in [-0.4, -0.2) is 24.1 Å². The lowest BCUT2D eigenvalue weighted by atomic mass is 10.2. The molecule has 1 aliphatic rings. The molecule has 0 radical (unpaired) electrons. The van der Waals surface area contributed by atoms with Gasteiger partial charge in [-0.2, -0.15) is 11.8 Å². The average molecular weight is 186 g/mol. The fourth-order valence-electron chi connectivity index (χ4n) is 1.17. The van der Waals surface area contributed by atoms with Gasteiger partial charge >= 0.3 is 5.97 Å². The third-order valence-corrected chi connectivity index (χ3v) is 3.21. The molecule has 0 spiro atoms. The summed E-state index contributed by atoms with van der Waals surface area (Å²) in [6.07, 6.45) is 7.27. The molecular weight excluding hydrogens is 172 g/mol. The van der Waals surface area contributed by atoms with Gasteiger partial charge in [0.05, 0.1) is 7.11 Å². The van der Waals surface area contributed by atoms with Gasteiger partial charge in [-0.25, -0.2) is 4.79 Å². The molecule has 1 atom stereocenters. The molecule has 1 saturated heterocycles. The Kier molecular flexibility index (Phi) is 4.22. The van der Waals surface area contributed by atoms with Crippen LogP contribution < -0.4 is 0 Å². The molecule has 0 saturated carbocycles. The van der Waals surface area contributed by atoms with E-state index >= 15 is 0 Å². The summed E-state index contributed by atoms with van der Waals surface area (Å²) in [5.74, 6) is 0.970. The number of carbonyl (C=O) groups excluding carboxylic acids is 1. The highest BCUT2D eigenvalue weighted by molar-refractivity contribution is 8.00. The molecule has 0 aromatic rings. The van der Waals surface area contributed by atoms with E-state index in [0.717, 1.165) is 0 Å². The van der Waals surface area contributed by atoms with E-state index in [9.17, 15) is 4.79 Å². The molecule has 0 aromatic heterocycles. The molecule has 1 aliphatic heterocycles. The number of hydrogen-bond donors (Lipinski definition) is 0. The molecule has 1 rings (SSSR count). The number of esters is 1. The predicted molar refractivity (Wildman–Crippen MR) is 51.3 cm³/mol. The van der Waals surface area contributed by atoms with Gasteiger partial charge in [-0.1, -0.05) is 12.5 Å². The fourth-order valence-corrected chi connectivity index (χ4v) is 2.37. The number of hydrogen-bond acceptors (Lipinski definition) is 3. The zero-order valence-corrected chi connectivity index (χ0v) is 8.10. The van der Waals surface area contributed by atoms with E-state index < -0.39 is 0 Å². The highest BCUT2D eigenvalue weighted by Crippen LogP contribution is 2.25. The maximum atomic E-state index is 10.7. The smallest absolute Gasteiger partial charge is 0.330 e. The Morgan fingerprint density at radius 2 is 2.42 bits per heavy atom. The predicted octanol–water partition coefficient (Wildman–Crippen LogP) is 2.00. The Labute approximate surface area is 77.4 Å². The molecule has 0 aromatic carbocycles. The summed E-state index contributed by atoms with van der Waals surface area (Å²) in [6, 6.07) is 0. The molecule has 2 nitrogen and oxygen atoms in total. The van der Waals surface area contributed by atoms with E-state index in [4.69, 9.17) is 0 Å². The Hall–Kier alpha value is -0.440. The Morgan fingerprint density at radius 3 is 3.00 bits per heavy atom. The summed E-state index contributed by atoms with van der Waals surface area (Å²) in [4.78, 5) is 10.7. The van der Waals surface area contributed by atoms with E-state index in [2.05, 4.69) is 4.74 Å². The van der Waals surface area contributed by atoms with Crippen molar-refractivity contribution < 1.29 is 9.53 Å². The van der Waals surface area contributed by atoms with Crippen LogP contribution in [0.3, 0.4) is 0 Å². The minimum atomic E-state index is -0.249. The maximum Gasteiger partial charge on any atom is 0.330 e. The van der Waals surface area contributed by atoms with Gasteiger partial charge < -0.3 is 4.74 Å². The molecule has 12 heavy (non-hydrogen) atoms. The van der Waals surface area contributed by atoms with Crippen molar-refractivity contribution in [1.82, 2.24) is 0 Å². The zero-order chi connectivity index (χ0) is 8.81. The van der Waals surface area contributed by atoms with Crippen molar-refractivity contribution in [2.75, 3.05) is 12.9 Å². The minimum absolute atomic E-state index is 0.249. The first-order valence-electron chi connectivity index (χ1n) is 4.20. The summed E-state index contributed by atoms with van der Waals surface area (Å²) < 4.78 is 4.51. The molecule has 0 amide bonds. The van der Waals surface area contributed by atoms with Gasteiger partial charge in [0.15, 0.2) is 0 Å². The van der Waals surface area contributed by atoms with Gasteiger partial charge in [-0.05, 0) is 18.6 Å². The second kappa shape index (κ2) is 5.25. The van der Waals surface area contributed by atoms with Crippen LogP contribution in [0.25, 0.3) is 0 Å². The van der Waals surface area contributed by atoms with E-state index in [1.165, 1.54) is 38.2 Å². The minimum Gasteiger partial charge on any atom is -0.466 e. The summed E-state index contributed by atoms with van der Waals surface area (Å²) in [6.45, 7) is 0. The number of thioether (sulfide) groups is 1. The fraction of sp³-hybridized carbons (Fsp3) is 0.667. The van der Waals surface area contributed by atoms with E-state index in [0.29, 0.717) is 5.25 Å². The summed E-state index contributed by atoms with van der Waals surface area (Å²) in [5.41, 5.74) is 0. The standard InChI is InChI=1S/C9H14O2S/c1-11-9(10)6-5-8-4-2-3-7-12-8/h5-6,8H,2-4,7H2,1H3/b6-5-. The van der Waals surface area contributed by atoms with Gasteiger partial charge in [0.1, 0.15) is 0 Å². The lowest BCUT2D eigenvalue weighted by molar-refractivity contribution is -0.134. The van der Waals surface area contributed by atoms with E-state index in [1.807, 2.05) is 17.8 Å². The lowest BCUT2D eigenvalue weighted by Gasteiger charge is -2.17. The van der Waals surface area contributed by atoms with Gasteiger partial charge in [0.2, 0.25) is 0 Å². The van der Waals surface area contributed by atoms with E-state index in [1.54, 1.807) is 0 Å². The lowest BCUT2D eigenvalue weighted by Crippen LogP contribution is -2.07. The number of rotatable bonds is 2. The molecule has 1 fully saturated rings. The first-order chi connectivity index (χ1) is 5.83. The molecule has 1 unspecified atom stereocenters. The van der Waals surface area contributed by atoms with Crippen molar-refractivity contribution in [2.24, 2.45) is 0 Å². The Bertz CT molecular complexity index is 171. The summed E-state index contributed by atoms with van der Waals surface area (Å²) >= 11 is 1.92. The first kappa shape index (κ1) is 9.65. The largest absolute Gasteiger partial charge is 0.466 e. The van der Waals surface area contributed by atoms with Crippen LogP contribution in [0.15, 0.2) is 12.2 Å². The molecule has 3 heteroatoms. The van der Waals surface area contributed by atoms with Crippen LogP contribution in [0.1, 0.15) is 19.3 Å². The second-order valence-corrected chi connectivity index (χ2v) is 4.13. The van der Waals surface area contributed by atoms with Gasteiger partial charge in [0, 0.05) is 11.3 Å². The molecular formula is C9H14O2S. The van der Waals surface area contributed by atoms with E-state index in [-0.39, 0.29) is 5.97 Å². The summed E-state index contributed by atoms with van der Waals surface area (Å²) in [5, 5.41) is 0.526. The van der Waals surface area contributed by atoms with Crippen molar-refractivity contribution in [3.8, 4) is 0 Å². The monoisotopic (exact) mass is 186 g/mol. The van der Waals surface area contributed by atoms with Crippen molar-refractivity contribution in [3.05, 3.63) is 12.2 Å². The number of methoxy groups -OCH3 is 1. The number of carbonyl (C=O) groups is 1. The van der Waals surface area contributed by atoms with Crippen LogP contribution in [0.4, 0.5) is 0 Å². The van der Waals surface area contributed by atoms with Gasteiger partial charge in [-0.3, -0.25) is 0 Å². The molecule has 0 aliphatic carbocycles. The van der Waals surface area contributed by atoms with Crippen LogP contribution >= 0.6 is 11.8 Å². The maximum absolute atomic E-state index is 10.7. The van der Waals surface area contributed by atoms with Crippen LogP contribution in [0.5, 0.6) is 0 Å². The topological polar surface area (TPSA) is 26.3 Å². The van der Waals surface area contributed by atoms with Gasteiger partial charge in [0.25, 0.3) is 0 Å². The van der Waals surface area contributed by atoms with Crippen LogP contribution in [0.2, 0.25) is 0 Å². The summed E-state index contributed by atoms with van der Waals surface area (Å²) in [7, 11) is 1.40. The van der Waals surface area contributed by atoms with Crippen molar-refractivity contribution in [2.45, 2.75) is 24.5 Å². The first-order valence-corrected chi connectivity index (χ1v) is 5.25. The average Bonchev–Trinajstić information content (AvgIpc) is 2.16. The third kappa shape index (κ3) is 3.30. The molecule has 68 valence electrons. The molecule has 0 N–H and O–H groups in total. The molecule has 1 heterocycles. The van der Waals surface area contributed by atoms with Crippen molar-refractivity contribution in [1.29, 1.82) is 0 Å². The number of ether oxygens (including phenoxy) is 1. The zero-order valence-electron chi connectivity index (χ0n) is 7.29. The second-order valence-electron chi connectivity index (χ2n) is 2.79. The van der Waals surface area contributed by atoms with Crippen molar-refractivity contribution >= 4 is 17.7 Å². The highest BCUT2D eigenvalue weighted by atomic mass is 32.2. The van der Waals surface area contributed by atoms with Crippen LogP contribution in [0, 0.1) is 0 Å². The quantitative estimate of drug-likeness (QED) is 0.487. The van der Waals surface area contributed by atoms with Crippen LogP contribution in [-0.2, 0) is 9.53 Å². The SMILES string of the molecule is COC(=O)/C=C\C1CCCCS1. The van der Waals surface area contributed by atoms with Gasteiger partial charge in [-0.15, -0.1) is 0 Å². The highest BCUT2D eigenvalue weighted by Gasteiger charge is 2.10. The van der Waals surface area contributed by atoms with Crippen molar-refractivity contribution in [3.63, 3.8) is 0 Å². The Balaban J connectivity index is 2.28. The molecule has 0 bridgehead atoms. The third-order valence-electron chi connectivity index (χ3n) is 1.86.